The van der Waals surface area contributed by atoms with E-state index in [2.05, 4.69) is 0 Å². The molecule has 0 bridgehead atoms. The average molecular weight is 209 g/mol. The first kappa shape index (κ1) is 11.2. The Morgan fingerprint density at radius 1 is 1.33 bits per heavy atom. The van der Waals surface area contributed by atoms with E-state index in [0.29, 0.717) is 5.56 Å². The van der Waals surface area contributed by atoms with Crippen LogP contribution in [0.15, 0.2) is 18.2 Å². The van der Waals surface area contributed by atoms with Gasteiger partial charge in [0.25, 0.3) is 0 Å². The Hall–Kier alpha value is -1.88. The molecule has 0 heterocycles. The van der Waals surface area contributed by atoms with E-state index in [1.807, 2.05) is 0 Å². The zero-order chi connectivity index (χ0) is 11.4. The number of carboxylic acids is 1. The van der Waals surface area contributed by atoms with Crippen molar-refractivity contribution < 1.29 is 19.8 Å². The number of phenols is 1. The molecule has 5 nitrogen and oxygen atoms in total. The minimum absolute atomic E-state index is 0.0801. The van der Waals surface area contributed by atoms with Crippen LogP contribution in [0.1, 0.15) is 15.9 Å². The summed E-state index contributed by atoms with van der Waals surface area (Å²) in [5.74, 6) is -1.72. The molecule has 5 heteroatoms. The fourth-order valence-electron chi connectivity index (χ4n) is 1.16. The molecular weight excluding hydrogens is 198 g/mol. The molecule has 15 heavy (non-hydrogen) atoms. The number of carbonyl (C=O) groups excluding carboxylic acids is 1. The summed E-state index contributed by atoms with van der Waals surface area (Å²) in [6, 6.07) is 4.02. The molecule has 1 aromatic carbocycles. The van der Waals surface area contributed by atoms with Gasteiger partial charge in [0.15, 0.2) is 5.78 Å². The van der Waals surface area contributed by atoms with Crippen molar-refractivity contribution in [3.05, 3.63) is 29.3 Å². The van der Waals surface area contributed by atoms with Gasteiger partial charge in [0, 0.05) is 6.42 Å². The fourth-order valence-corrected chi connectivity index (χ4v) is 1.16. The molecule has 0 radical (unpaired) electrons. The van der Waals surface area contributed by atoms with Crippen LogP contribution in [0, 0.1) is 0 Å². The summed E-state index contributed by atoms with van der Waals surface area (Å²) in [6.07, 6.45) is 0.0804. The molecule has 0 spiro atoms. The number of benzene rings is 1. The minimum atomic E-state index is -1.23. The lowest BCUT2D eigenvalue weighted by Crippen LogP contribution is -2.15. The van der Waals surface area contributed by atoms with Crippen LogP contribution in [0.2, 0.25) is 0 Å². The molecule has 0 saturated carbocycles. The fraction of sp³-hybridized carbons (Fsp3) is 0.200. The number of hydrogen-bond donors (Lipinski definition) is 3. The number of rotatable bonds is 4. The highest BCUT2D eigenvalue weighted by Gasteiger charge is 2.11. The Labute approximate surface area is 86.1 Å². The zero-order valence-corrected chi connectivity index (χ0v) is 7.93. The lowest BCUT2D eigenvalue weighted by Gasteiger charge is -2.03. The van der Waals surface area contributed by atoms with E-state index in [0.717, 1.165) is 0 Å². The topological polar surface area (TPSA) is 101 Å². The summed E-state index contributed by atoms with van der Waals surface area (Å²) < 4.78 is 0. The molecule has 0 aliphatic rings. The van der Waals surface area contributed by atoms with Gasteiger partial charge in [-0.05, 0) is 17.7 Å². The molecule has 0 saturated heterocycles. The van der Waals surface area contributed by atoms with Gasteiger partial charge in [-0.1, -0.05) is 6.07 Å². The highest BCUT2D eigenvalue weighted by molar-refractivity contribution is 5.91. The summed E-state index contributed by atoms with van der Waals surface area (Å²) in [7, 11) is 0. The van der Waals surface area contributed by atoms with Crippen molar-refractivity contribution in [2.75, 3.05) is 6.54 Å². The Balaban J connectivity index is 2.97. The van der Waals surface area contributed by atoms with Crippen LogP contribution in [0.25, 0.3) is 0 Å². The predicted molar refractivity (Wildman–Crippen MR) is 52.8 cm³/mol. The van der Waals surface area contributed by atoms with Crippen LogP contribution >= 0.6 is 0 Å². The Kier molecular flexibility index (Phi) is 3.41. The monoisotopic (exact) mass is 209 g/mol. The van der Waals surface area contributed by atoms with E-state index in [9.17, 15) is 14.7 Å². The lowest BCUT2D eigenvalue weighted by atomic mass is 10.1. The summed E-state index contributed by atoms with van der Waals surface area (Å²) >= 11 is 0. The van der Waals surface area contributed by atoms with Gasteiger partial charge in [-0.2, -0.15) is 0 Å². The first-order valence-electron chi connectivity index (χ1n) is 4.31. The third-order valence-corrected chi connectivity index (χ3v) is 1.92. The summed E-state index contributed by atoms with van der Waals surface area (Å²) in [5.41, 5.74) is 5.45. The molecule has 0 aromatic heterocycles. The number of nitrogens with two attached hydrogens (primary N) is 1. The molecule has 0 fully saturated rings. The van der Waals surface area contributed by atoms with Gasteiger partial charge in [0.05, 0.1) is 6.54 Å². The van der Waals surface area contributed by atoms with E-state index < -0.39 is 5.97 Å². The SMILES string of the molecule is NCC(=O)Cc1ccc(O)c(C(=O)O)c1. The first-order valence-corrected chi connectivity index (χ1v) is 4.31. The van der Waals surface area contributed by atoms with Gasteiger partial charge in [-0.25, -0.2) is 4.79 Å². The van der Waals surface area contributed by atoms with E-state index in [4.69, 9.17) is 10.8 Å². The van der Waals surface area contributed by atoms with Crippen molar-refractivity contribution in [3.8, 4) is 5.75 Å². The van der Waals surface area contributed by atoms with Crippen LogP contribution in [-0.2, 0) is 11.2 Å². The molecule has 0 amide bonds. The van der Waals surface area contributed by atoms with Gasteiger partial charge >= 0.3 is 5.97 Å². The minimum Gasteiger partial charge on any atom is -0.507 e. The highest BCUT2D eigenvalue weighted by atomic mass is 16.4. The van der Waals surface area contributed by atoms with Crippen LogP contribution in [0.3, 0.4) is 0 Å². The number of aromatic hydroxyl groups is 1. The third-order valence-electron chi connectivity index (χ3n) is 1.92. The molecule has 1 rings (SSSR count). The molecule has 0 atom stereocenters. The molecule has 1 aromatic rings. The maximum Gasteiger partial charge on any atom is 0.339 e. The second-order valence-electron chi connectivity index (χ2n) is 3.08. The second kappa shape index (κ2) is 4.56. The van der Waals surface area contributed by atoms with Crippen molar-refractivity contribution in [2.24, 2.45) is 5.73 Å². The molecular formula is C10H11NO4. The smallest absolute Gasteiger partial charge is 0.339 e. The molecule has 0 aliphatic heterocycles. The number of aromatic carboxylic acids is 1. The van der Waals surface area contributed by atoms with Crippen molar-refractivity contribution in [2.45, 2.75) is 6.42 Å². The van der Waals surface area contributed by atoms with Crippen LogP contribution < -0.4 is 5.73 Å². The van der Waals surface area contributed by atoms with Crippen LogP contribution in [-0.4, -0.2) is 28.5 Å². The van der Waals surface area contributed by atoms with E-state index in [1.165, 1.54) is 18.2 Å². The largest absolute Gasteiger partial charge is 0.507 e. The molecule has 4 N–H and O–H groups in total. The third kappa shape index (κ3) is 2.78. The van der Waals surface area contributed by atoms with E-state index in [1.54, 1.807) is 0 Å². The van der Waals surface area contributed by atoms with Crippen molar-refractivity contribution in [1.82, 2.24) is 0 Å². The zero-order valence-electron chi connectivity index (χ0n) is 7.93. The highest BCUT2D eigenvalue weighted by Crippen LogP contribution is 2.18. The van der Waals surface area contributed by atoms with Gasteiger partial charge in [-0.3, -0.25) is 4.79 Å². The Bertz CT molecular complexity index is 400. The number of carboxylic acid groups (broad SMARTS) is 1. The summed E-state index contributed by atoms with van der Waals surface area (Å²) in [4.78, 5) is 21.7. The molecule has 80 valence electrons. The number of Topliss-reactive ketones (excluding diaryl/α,β-unsaturated/α-hetero) is 1. The van der Waals surface area contributed by atoms with Crippen LogP contribution in [0.5, 0.6) is 5.75 Å². The van der Waals surface area contributed by atoms with Gasteiger partial charge in [0.1, 0.15) is 11.3 Å². The quantitative estimate of drug-likeness (QED) is 0.655. The van der Waals surface area contributed by atoms with E-state index >= 15 is 0 Å². The number of ketones is 1. The Morgan fingerprint density at radius 2 is 2.00 bits per heavy atom. The van der Waals surface area contributed by atoms with Crippen LogP contribution in [0.4, 0.5) is 0 Å². The number of hydrogen-bond acceptors (Lipinski definition) is 4. The maximum absolute atomic E-state index is 11.0. The normalized spacial score (nSPS) is 9.93. The maximum atomic E-state index is 11.0. The average Bonchev–Trinajstić information content (AvgIpc) is 2.20. The van der Waals surface area contributed by atoms with Crippen molar-refractivity contribution in [1.29, 1.82) is 0 Å². The second-order valence-corrected chi connectivity index (χ2v) is 3.08. The number of carbonyl (C=O) groups is 2. The molecule has 0 unspecified atom stereocenters. The van der Waals surface area contributed by atoms with Crippen molar-refractivity contribution in [3.63, 3.8) is 0 Å². The standard InChI is InChI=1S/C10H11NO4/c11-5-7(12)3-6-1-2-9(13)8(4-6)10(14)15/h1-2,4,13H,3,5,11H2,(H,14,15). The Morgan fingerprint density at radius 3 is 2.53 bits per heavy atom. The summed E-state index contributed by atoms with van der Waals surface area (Å²) in [5, 5.41) is 17.9. The first-order chi connectivity index (χ1) is 7.04. The van der Waals surface area contributed by atoms with Gasteiger partial charge < -0.3 is 15.9 Å². The summed E-state index contributed by atoms with van der Waals surface area (Å²) in [6.45, 7) is -0.0801. The van der Waals surface area contributed by atoms with Crippen molar-refractivity contribution >= 4 is 11.8 Å². The van der Waals surface area contributed by atoms with E-state index in [-0.39, 0.29) is 30.1 Å². The lowest BCUT2D eigenvalue weighted by molar-refractivity contribution is -0.117. The predicted octanol–water partition coefficient (Wildman–Crippen LogP) is 0.161. The van der Waals surface area contributed by atoms with Gasteiger partial charge in [-0.15, -0.1) is 0 Å². The molecule has 0 aliphatic carbocycles. The van der Waals surface area contributed by atoms with Gasteiger partial charge in [0.2, 0.25) is 0 Å².